The average molecular weight is 902 g/mol. The number of imidazole rings is 3. The number of aryl methyl sites for hydroxylation is 5. The van der Waals surface area contributed by atoms with Gasteiger partial charge in [0.25, 0.3) is 11.8 Å². The van der Waals surface area contributed by atoms with Gasteiger partial charge in [-0.25, -0.2) is 24.5 Å². The van der Waals surface area contributed by atoms with Gasteiger partial charge in [-0.15, -0.1) is 0 Å². The molecule has 0 fully saturated rings. The Hall–Kier alpha value is -8.25. The van der Waals surface area contributed by atoms with Crippen LogP contribution in [-0.2, 0) is 63.9 Å². The summed E-state index contributed by atoms with van der Waals surface area (Å²) in [6.07, 6.45) is 5.95. The van der Waals surface area contributed by atoms with Gasteiger partial charge in [0.05, 0.1) is 18.0 Å². The van der Waals surface area contributed by atoms with Crippen LogP contribution in [-0.4, -0.2) is 97.5 Å². The molecular weight excluding hydrogens is 851 g/mol. The molecule has 0 aliphatic rings. The number of nitrogens with one attached hydrogen (secondary N) is 7. The van der Waals surface area contributed by atoms with Crippen LogP contribution >= 0.6 is 0 Å². The highest BCUT2D eigenvalue weighted by Gasteiger charge is 2.22. The third-order valence-electron chi connectivity index (χ3n) is 8.88. The Morgan fingerprint density at radius 2 is 0.877 bits per heavy atom. The van der Waals surface area contributed by atoms with E-state index in [1.165, 1.54) is 44.4 Å². The Kier molecular flexibility index (Phi) is 14.9. The summed E-state index contributed by atoms with van der Waals surface area (Å²) in [5.41, 5.74) is -0.0576. The summed E-state index contributed by atoms with van der Waals surface area (Å²) in [4.78, 5) is 113. The van der Waals surface area contributed by atoms with E-state index < -0.39 is 53.1 Å². The molecule has 5 aromatic rings. The maximum atomic E-state index is 13.2. The number of rotatable bonds is 17. The highest BCUT2D eigenvalue weighted by molar-refractivity contribution is 6.04. The lowest BCUT2D eigenvalue weighted by atomic mass is 10.2. The Morgan fingerprint density at radius 3 is 1.28 bits per heavy atom. The molecule has 0 bridgehead atoms. The number of carbonyl (C=O) groups is 8. The number of nitrogens with zero attached hydrogens (tertiary/aromatic N) is 8. The molecule has 0 unspecified atom stereocenters. The van der Waals surface area contributed by atoms with Gasteiger partial charge >= 0.3 is 12.1 Å². The van der Waals surface area contributed by atoms with Crippen molar-refractivity contribution in [1.29, 1.82) is 0 Å². The van der Waals surface area contributed by atoms with Gasteiger partial charge in [0.2, 0.25) is 41.1 Å². The van der Waals surface area contributed by atoms with Crippen molar-refractivity contribution in [3.63, 3.8) is 0 Å². The number of anilines is 7. The maximum absolute atomic E-state index is 13.2. The van der Waals surface area contributed by atoms with E-state index in [4.69, 9.17) is 9.47 Å². The van der Waals surface area contributed by atoms with Crippen LogP contribution in [0.3, 0.4) is 0 Å². The van der Waals surface area contributed by atoms with E-state index in [2.05, 4.69) is 52.2 Å². The zero-order chi connectivity index (χ0) is 47.7. The monoisotopic (exact) mass is 901 g/mol. The van der Waals surface area contributed by atoms with Gasteiger partial charge in [0.1, 0.15) is 17.2 Å². The molecule has 65 heavy (non-hydrogen) atoms. The van der Waals surface area contributed by atoms with Gasteiger partial charge in [-0.1, -0.05) is 0 Å². The zero-order valence-electron chi connectivity index (χ0n) is 37.2. The van der Waals surface area contributed by atoms with Crippen LogP contribution in [0.2, 0.25) is 0 Å². The SMILES string of the molecule is CCOC(=O)c1nc(NC(=O)CCC(=O)Nc2cc(NC(=O)c3nc(NC(=O)CCC(=O)Nc4cc(NC(=O)c5nc(NC(=O)OC(C)(C)C)cn5C)cn4C)cn3C)cn2C)cn1C. The molecule has 0 aliphatic heterocycles. The highest BCUT2D eigenvalue weighted by Crippen LogP contribution is 2.21. The van der Waals surface area contributed by atoms with Crippen LogP contribution in [0.4, 0.5) is 45.3 Å². The number of hydrogen-bond acceptors (Lipinski definition) is 13. The molecule has 346 valence electrons. The van der Waals surface area contributed by atoms with Crippen molar-refractivity contribution in [1.82, 2.24) is 37.8 Å². The molecule has 0 spiro atoms. The third-order valence-corrected chi connectivity index (χ3v) is 8.88. The smallest absolute Gasteiger partial charge is 0.413 e. The molecule has 0 aliphatic carbocycles. The Labute approximate surface area is 371 Å². The van der Waals surface area contributed by atoms with Gasteiger partial charge in [0.15, 0.2) is 17.5 Å². The fourth-order valence-electron chi connectivity index (χ4n) is 5.96. The lowest BCUT2D eigenvalue weighted by Gasteiger charge is -2.18. The molecule has 7 N–H and O–H groups in total. The summed E-state index contributed by atoms with van der Waals surface area (Å²) in [6.45, 7) is 6.98. The van der Waals surface area contributed by atoms with Crippen molar-refractivity contribution >= 4 is 88.0 Å². The van der Waals surface area contributed by atoms with Crippen LogP contribution in [0.1, 0.15) is 85.2 Å². The van der Waals surface area contributed by atoms with E-state index in [0.717, 1.165) is 0 Å². The quantitative estimate of drug-likeness (QED) is 0.0660. The van der Waals surface area contributed by atoms with Crippen molar-refractivity contribution in [3.8, 4) is 0 Å². The fourth-order valence-corrected chi connectivity index (χ4v) is 5.96. The van der Waals surface area contributed by atoms with E-state index >= 15 is 0 Å². The first-order valence-corrected chi connectivity index (χ1v) is 20.0. The number of amides is 7. The van der Waals surface area contributed by atoms with Crippen LogP contribution in [0.25, 0.3) is 0 Å². The third kappa shape index (κ3) is 13.4. The number of aromatic nitrogens is 8. The normalized spacial score (nSPS) is 11.0. The van der Waals surface area contributed by atoms with Gasteiger partial charge < -0.3 is 64.2 Å². The highest BCUT2D eigenvalue weighted by atomic mass is 16.6. The first kappa shape index (κ1) is 47.8. The first-order valence-electron chi connectivity index (χ1n) is 20.0. The minimum Gasteiger partial charge on any atom is -0.460 e. The van der Waals surface area contributed by atoms with Gasteiger partial charge in [-0.05, 0) is 27.7 Å². The zero-order valence-corrected chi connectivity index (χ0v) is 37.2. The van der Waals surface area contributed by atoms with E-state index in [1.54, 1.807) is 84.5 Å². The molecular formula is C40H51N15O10. The molecule has 0 atom stereocenters. The van der Waals surface area contributed by atoms with E-state index in [0.29, 0.717) is 23.0 Å². The molecule has 5 heterocycles. The molecule has 25 nitrogen and oxygen atoms in total. The molecule has 0 saturated carbocycles. The summed E-state index contributed by atoms with van der Waals surface area (Å²) in [6, 6.07) is 3.03. The van der Waals surface area contributed by atoms with Crippen LogP contribution in [0.5, 0.6) is 0 Å². The fraction of sp³-hybridized carbons (Fsp3) is 0.375. The summed E-state index contributed by atoms with van der Waals surface area (Å²) in [5, 5.41) is 18.4. The molecule has 0 radical (unpaired) electrons. The van der Waals surface area contributed by atoms with Crippen LogP contribution < -0.4 is 37.2 Å². The van der Waals surface area contributed by atoms with Crippen molar-refractivity contribution in [2.75, 3.05) is 43.8 Å². The predicted molar refractivity (Wildman–Crippen MR) is 235 cm³/mol. The van der Waals surface area contributed by atoms with Gasteiger partial charge in [0, 0.05) is 104 Å². The Balaban J connectivity index is 1.05. The minimum atomic E-state index is -0.724. The summed E-state index contributed by atoms with van der Waals surface area (Å²) >= 11 is 0. The van der Waals surface area contributed by atoms with Crippen LogP contribution in [0, 0.1) is 0 Å². The van der Waals surface area contributed by atoms with Gasteiger partial charge in [-0.3, -0.25) is 34.1 Å². The van der Waals surface area contributed by atoms with E-state index in [-0.39, 0.29) is 67.2 Å². The molecule has 0 saturated heterocycles. The molecule has 7 amide bonds. The van der Waals surface area contributed by atoms with E-state index in [9.17, 15) is 38.4 Å². The van der Waals surface area contributed by atoms with Crippen LogP contribution in [0.15, 0.2) is 43.1 Å². The predicted octanol–water partition coefficient (Wildman–Crippen LogP) is 3.31. The molecule has 25 heteroatoms. The second-order valence-electron chi connectivity index (χ2n) is 15.6. The number of carbonyl (C=O) groups excluding carboxylic acids is 8. The largest absolute Gasteiger partial charge is 0.460 e. The maximum Gasteiger partial charge on any atom is 0.413 e. The average Bonchev–Trinajstić information content (AvgIpc) is 4.01. The first-order chi connectivity index (χ1) is 30.6. The second-order valence-corrected chi connectivity index (χ2v) is 15.6. The van der Waals surface area contributed by atoms with Crippen molar-refractivity contribution < 1.29 is 47.8 Å². The number of ether oxygens (including phenoxy) is 2. The number of esters is 1. The Morgan fingerprint density at radius 1 is 0.508 bits per heavy atom. The molecule has 5 rings (SSSR count). The summed E-state index contributed by atoms with van der Waals surface area (Å²) < 4.78 is 17.5. The topological polar surface area (TPSA) is 303 Å². The van der Waals surface area contributed by atoms with Gasteiger partial charge in [-0.2, -0.15) is 0 Å². The van der Waals surface area contributed by atoms with Crippen molar-refractivity contribution in [3.05, 3.63) is 60.6 Å². The lowest BCUT2D eigenvalue weighted by molar-refractivity contribution is -0.121. The molecule has 5 aromatic heterocycles. The Bertz CT molecular complexity index is 2640. The lowest BCUT2D eigenvalue weighted by Crippen LogP contribution is -2.27. The van der Waals surface area contributed by atoms with Crippen molar-refractivity contribution in [2.45, 2.75) is 59.0 Å². The van der Waals surface area contributed by atoms with E-state index in [1.807, 2.05) is 0 Å². The summed E-state index contributed by atoms with van der Waals surface area (Å²) in [7, 11) is 8.01. The number of hydrogen-bond donors (Lipinski definition) is 7. The standard InChI is InChI=1S/C40H51N15O10/c1-10-64-38(62)35-47-25(20-55(35)9)44-30(57)12-14-32(59)50-27-15-22(17-51(27)5)41-36(60)33-45-24(19-53(33)7)43-29(56)11-13-31(58)49-28-16-23(18-52(28)6)42-37(61)34-46-26(21-54(34)8)48-39(63)65-40(2,3)4/h15-21H,10-14H2,1-9H3,(H,41,60)(H,42,61)(H,43,56)(H,44,57)(H,48,63)(H,49,58)(H,50,59). The van der Waals surface area contributed by atoms with Crippen molar-refractivity contribution in [2.24, 2.45) is 35.2 Å². The molecule has 0 aromatic carbocycles. The second kappa shape index (κ2) is 20.3. The minimum absolute atomic E-state index is 0.000739. The summed E-state index contributed by atoms with van der Waals surface area (Å²) in [5.74, 6) is -2.88.